The molecule has 0 radical (unpaired) electrons. The number of pyridine rings is 1. The number of hydrogen-bond donors (Lipinski definition) is 1. The normalized spacial score (nSPS) is 16.6. The number of aromatic nitrogens is 3. The average molecular weight is 415 g/mol. The first kappa shape index (κ1) is 19.4. The van der Waals surface area contributed by atoms with Gasteiger partial charge in [-0.3, -0.25) is 4.79 Å². The second-order valence-corrected chi connectivity index (χ2v) is 7.96. The third-order valence-corrected chi connectivity index (χ3v) is 5.85. The Kier molecular flexibility index (Phi) is 4.95. The molecule has 1 N–H and O–H groups in total. The van der Waals surface area contributed by atoms with E-state index in [9.17, 15) is 9.18 Å². The minimum absolute atomic E-state index is 0.184. The van der Waals surface area contributed by atoms with Crippen molar-refractivity contribution in [1.82, 2.24) is 19.3 Å². The molecule has 1 saturated heterocycles. The number of fused-ring (bicyclic) bond motifs is 1. The monoisotopic (exact) mass is 415 g/mol. The van der Waals surface area contributed by atoms with Gasteiger partial charge in [0.1, 0.15) is 11.6 Å². The fourth-order valence-electron chi connectivity index (χ4n) is 4.27. The van der Waals surface area contributed by atoms with Crippen LogP contribution in [0.4, 0.5) is 10.2 Å². The van der Waals surface area contributed by atoms with Crippen molar-refractivity contribution >= 4 is 17.2 Å². The van der Waals surface area contributed by atoms with Crippen LogP contribution in [0.25, 0.3) is 16.8 Å². The van der Waals surface area contributed by atoms with E-state index in [0.717, 1.165) is 30.8 Å². The number of likely N-dealkylation sites (N-methyl/N-ethyl adjacent to an activating group) is 1. The van der Waals surface area contributed by atoms with Crippen LogP contribution in [-0.2, 0) is 0 Å². The molecule has 7 heteroatoms. The predicted octanol–water partition coefficient (Wildman–Crippen LogP) is 4.21. The highest BCUT2D eigenvalue weighted by molar-refractivity contribution is 6.04. The van der Waals surface area contributed by atoms with E-state index in [4.69, 9.17) is 0 Å². The summed E-state index contributed by atoms with van der Waals surface area (Å²) in [5.41, 5.74) is 5.03. The lowest BCUT2D eigenvalue weighted by Crippen LogP contribution is -2.13. The quantitative estimate of drug-likeness (QED) is 0.543. The molecule has 4 heterocycles. The number of anilines is 1. The van der Waals surface area contributed by atoms with Crippen molar-refractivity contribution in [3.05, 3.63) is 84.2 Å². The predicted molar refractivity (Wildman–Crippen MR) is 118 cm³/mol. The first-order chi connectivity index (χ1) is 15.1. The third-order valence-electron chi connectivity index (χ3n) is 5.85. The molecular formula is C24H22FN5O. The summed E-state index contributed by atoms with van der Waals surface area (Å²) >= 11 is 0. The molecule has 156 valence electrons. The van der Waals surface area contributed by atoms with Crippen LogP contribution in [0.1, 0.15) is 28.3 Å². The summed E-state index contributed by atoms with van der Waals surface area (Å²) in [6.07, 6.45) is 6.13. The SMILES string of the molecule is CN1CCC(c2cc(-c3ccc(C(=O)Nc4cc(F)ccn4)cc3)n3cnccc23)C1. The molecular weight excluding hydrogens is 393 g/mol. The number of likely N-dealkylation sites (tertiary alicyclic amines) is 1. The summed E-state index contributed by atoms with van der Waals surface area (Å²) in [6, 6.07) is 14.1. The van der Waals surface area contributed by atoms with Gasteiger partial charge in [0, 0.05) is 30.6 Å². The Balaban J connectivity index is 1.44. The lowest BCUT2D eigenvalue weighted by Gasteiger charge is -2.09. The number of nitrogens with one attached hydrogen (secondary N) is 1. The van der Waals surface area contributed by atoms with Gasteiger partial charge in [-0.1, -0.05) is 12.1 Å². The lowest BCUT2D eigenvalue weighted by molar-refractivity contribution is 0.102. The molecule has 0 spiro atoms. The molecule has 5 rings (SSSR count). The maximum Gasteiger partial charge on any atom is 0.256 e. The van der Waals surface area contributed by atoms with Gasteiger partial charge in [-0.15, -0.1) is 0 Å². The van der Waals surface area contributed by atoms with Crippen LogP contribution >= 0.6 is 0 Å². The van der Waals surface area contributed by atoms with Gasteiger partial charge in [-0.25, -0.2) is 14.4 Å². The Labute approximate surface area is 179 Å². The maximum absolute atomic E-state index is 13.3. The lowest BCUT2D eigenvalue weighted by atomic mass is 9.98. The van der Waals surface area contributed by atoms with Crippen molar-refractivity contribution in [3.63, 3.8) is 0 Å². The molecule has 1 unspecified atom stereocenters. The highest BCUT2D eigenvalue weighted by atomic mass is 19.1. The number of halogens is 1. The van der Waals surface area contributed by atoms with Gasteiger partial charge in [0.05, 0.1) is 17.5 Å². The van der Waals surface area contributed by atoms with Gasteiger partial charge in [-0.2, -0.15) is 0 Å². The molecule has 1 aliphatic heterocycles. The summed E-state index contributed by atoms with van der Waals surface area (Å²) in [5, 5.41) is 2.62. The highest BCUT2D eigenvalue weighted by Crippen LogP contribution is 2.34. The molecule has 0 bridgehead atoms. The van der Waals surface area contributed by atoms with E-state index < -0.39 is 5.82 Å². The second kappa shape index (κ2) is 7.92. The van der Waals surface area contributed by atoms with Crippen LogP contribution in [0.15, 0.2) is 67.3 Å². The van der Waals surface area contributed by atoms with Crippen LogP contribution in [0, 0.1) is 5.82 Å². The summed E-state index contributed by atoms with van der Waals surface area (Å²) in [4.78, 5) is 23.1. The zero-order valence-corrected chi connectivity index (χ0v) is 17.1. The number of carbonyl (C=O) groups excluding carboxylic acids is 1. The number of amides is 1. The smallest absolute Gasteiger partial charge is 0.256 e. The van der Waals surface area contributed by atoms with E-state index in [1.807, 2.05) is 24.7 Å². The third kappa shape index (κ3) is 3.80. The van der Waals surface area contributed by atoms with Crippen molar-refractivity contribution in [2.75, 3.05) is 25.5 Å². The molecule has 31 heavy (non-hydrogen) atoms. The van der Waals surface area contributed by atoms with Crippen LogP contribution in [0.2, 0.25) is 0 Å². The summed E-state index contributed by atoms with van der Waals surface area (Å²) in [7, 11) is 2.16. The fraction of sp³-hybridized carbons (Fsp3) is 0.208. The first-order valence-electron chi connectivity index (χ1n) is 10.3. The van der Waals surface area contributed by atoms with E-state index in [1.165, 1.54) is 29.4 Å². The number of rotatable bonds is 4. The van der Waals surface area contributed by atoms with Crippen molar-refractivity contribution < 1.29 is 9.18 Å². The Morgan fingerprint density at radius 1 is 1.13 bits per heavy atom. The van der Waals surface area contributed by atoms with E-state index in [1.54, 1.807) is 12.1 Å². The summed E-state index contributed by atoms with van der Waals surface area (Å²) in [5.74, 6) is -0.0940. The Bertz CT molecular complexity index is 1250. The van der Waals surface area contributed by atoms with E-state index >= 15 is 0 Å². The molecule has 1 atom stereocenters. The number of hydrogen-bond acceptors (Lipinski definition) is 4. The van der Waals surface area contributed by atoms with Crippen molar-refractivity contribution in [3.8, 4) is 11.3 Å². The van der Waals surface area contributed by atoms with Crippen molar-refractivity contribution in [1.29, 1.82) is 0 Å². The minimum Gasteiger partial charge on any atom is -0.306 e. The van der Waals surface area contributed by atoms with Gasteiger partial charge in [0.25, 0.3) is 5.91 Å². The Hall–Kier alpha value is -3.58. The van der Waals surface area contributed by atoms with Crippen molar-refractivity contribution in [2.24, 2.45) is 0 Å². The number of nitrogens with zero attached hydrogens (tertiary/aromatic N) is 4. The Morgan fingerprint density at radius 2 is 1.97 bits per heavy atom. The molecule has 1 aromatic carbocycles. The van der Waals surface area contributed by atoms with Crippen LogP contribution < -0.4 is 5.32 Å². The minimum atomic E-state index is -0.446. The van der Waals surface area contributed by atoms with Gasteiger partial charge < -0.3 is 14.6 Å². The Morgan fingerprint density at radius 3 is 2.71 bits per heavy atom. The van der Waals surface area contributed by atoms with Crippen LogP contribution in [-0.4, -0.2) is 45.3 Å². The van der Waals surface area contributed by atoms with Crippen LogP contribution in [0.5, 0.6) is 0 Å². The standard InChI is InChI=1S/C24H22FN5O/c1-29-11-8-18(14-29)20-13-22(30-15-26-9-7-21(20)30)16-2-4-17(5-3-16)24(31)28-23-12-19(25)6-10-27-23/h2-7,9-10,12-13,15,18H,8,11,14H2,1H3,(H,27,28,31). The largest absolute Gasteiger partial charge is 0.306 e. The molecule has 3 aromatic heterocycles. The molecule has 0 saturated carbocycles. The maximum atomic E-state index is 13.3. The molecule has 0 aliphatic carbocycles. The number of benzene rings is 1. The van der Waals surface area contributed by atoms with Gasteiger partial charge in [0.2, 0.25) is 0 Å². The van der Waals surface area contributed by atoms with E-state index in [0.29, 0.717) is 11.5 Å². The summed E-state index contributed by atoms with van der Waals surface area (Å²) < 4.78 is 15.4. The van der Waals surface area contributed by atoms with Gasteiger partial charge >= 0.3 is 0 Å². The second-order valence-electron chi connectivity index (χ2n) is 7.96. The summed E-state index contributed by atoms with van der Waals surface area (Å²) in [6.45, 7) is 2.15. The molecule has 1 aliphatic rings. The van der Waals surface area contributed by atoms with Crippen molar-refractivity contribution in [2.45, 2.75) is 12.3 Å². The van der Waals surface area contributed by atoms with E-state index in [-0.39, 0.29) is 11.7 Å². The van der Waals surface area contributed by atoms with E-state index in [2.05, 4.69) is 43.8 Å². The zero-order chi connectivity index (χ0) is 21.4. The molecule has 4 aromatic rings. The average Bonchev–Trinajstić information content (AvgIpc) is 3.37. The van der Waals surface area contributed by atoms with Gasteiger partial charge in [0.15, 0.2) is 0 Å². The highest BCUT2D eigenvalue weighted by Gasteiger charge is 2.25. The topological polar surface area (TPSA) is 62.5 Å². The fourth-order valence-corrected chi connectivity index (χ4v) is 4.27. The first-order valence-corrected chi connectivity index (χ1v) is 10.3. The molecule has 1 fully saturated rings. The zero-order valence-electron chi connectivity index (χ0n) is 17.1. The number of carbonyl (C=O) groups is 1. The molecule has 1 amide bonds. The van der Waals surface area contributed by atoms with Crippen LogP contribution in [0.3, 0.4) is 0 Å². The van der Waals surface area contributed by atoms with Gasteiger partial charge in [-0.05, 0) is 67.4 Å². The molecule has 6 nitrogen and oxygen atoms in total.